The summed E-state index contributed by atoms with van der Waals surface area (Å²) in [5.41, 5.74) is 2.99. The monoisotopic (exact) mass is 311 g/mol. The van der Waals surface area contributed by atoms with Gasteiger partial charge in [0.05, 0.1) is 5.03 Å². The van der Waals surface area contributed by atoms with E-state index in [0.29, 0.717) is 0 Å². The standard InChI is InChI=1S/C18H17NO2S/c1-12-8-9-15-13(10-12)11-16(19-15)22-18(2,17(20)21)14-6-4-3-5-7-14/h3-11,19H,1-2H3,(H,20,21). The van der Waals surface area contributed by atoms with Crippen molar-refractivity contribution in [2.45, 2.75) is 23.6 Å². The number of aryl methyl sites for hydroxylation is 1. The first-order valence-electron chi connectivity index (χ1n) is 7.06. The van der Waals surface area contributed by atoms with Gasteiger partial charge in [-0.25, -0.2) is 0 Å². The van der Waals surface area contributed by atoms with Crippen molar-refractivity contribution in [3.05, 3.63) is 65.7 Å². The smallest absolute Gasteiger partial charge is 0.324 e. The Kier molecular flexibility index (Phi) is 3.71. The Morgan fingerprint density at radius 1 is 1.14 bits per heavy atom. The van der Waals surface area contributed by atoms with Crippen LogP contribution in [-0.4, -0.2) is 16.1 Å². The first-order valence-corrected chi connectivity index (χ1v) is 7.88. The highest BCUT2D eigenvalue weighted by Gasteiger charge is 2.37. The maximum absolute atomic E-state index is 11.9. The summed E-state index contributed by atoms with van der Waals surface area (Å²) in [6, 6.07) is 17.5. The number of hydrogen-bond acceptors (Lipinski definition) is 2. The first-order chi connectivity index (χ1) is 10.5. The molecule has 1 aromatic heterocycles. The van der Waals surface area contributed by atoms with Crippen molar-refractivity contribution < 1.29 is 9.90 Å². The summed E-state index contributed by atoms with van der Waals surface area (Å²) in [4.78, 5) is 15.2. The molecule has 0 radical (unpaired) electrons. The van der Waals surface area contributed by atoms with Crippen LogP contribution < -0.4 is 0 Å². The lowest BCUT2D eigenvalue weighted by Crippen LogP contribution is -2.28. The van der Waals surface area contributed by atoms with Gasteiger partial charge in [-0.1, -0.05) is 53.7 Å². The van der Waals surface area contributed by atoms with Crippen LogP contribution in [0.4, 0.5) is 0 Å². The molecule has 0 fully saturated rings. The SMILES string of the molecule is Cc1ccc2[nH]c(SC(C)(C(=O)O)c3ccccc3)cc2c1. The van der Waals surface area contributed by atoms with Crippen LogP contribution in [0.15, 0.2) is 59.6 Å². The highest BCUT2D eigenvalue weighted by Crippen LogP contribution is 2.42. The molecule has 3 aromatic rings. The Morgan fingerprint density at radius 3 is 2.55 bits per heavy atom. The number of aromatic amines is 1. The van der Waals surface area contributed by atoms with E-state index in [0.717, 1.165) is 21.5 Å². The molecular formula is C18H17NO2S. The van der Waals surface area contributed by atoms with Crippen molar-refractivity contribution in [3.8, 4) is 0 Å². The van der Waals surface area contributed by atoms with E-state index in [-0.39, 0.29) is 0 Å². The van der Waals surface area contributed by atoms with Gasteiger partial charge in [0.25, 0.3) is 0 Å². The average molecular weight is 311 g/mol. The van der Waals surface area contributed by atoms with Gasteiger partial charge in [0.15, 0.2) is 0 Å². The van der Waals surface area contributed by atoms with Gasteiger partial charge in [0.2, 0.25) is 0 Å². The number of carbonyl (C=O) groups is 1. The van der Waals surface area contributed by atoms with E-state index in [2.05, 4.69) is 11.1 Å². The third-order valence-electron chi connectivity index (χ3n) is 3.80. The number of fused-ring (bicyclic) bond motifs is 1. The fraction of sp³-hybridized carbons (Fsp3) is 0.167. The zero-order chi connectivity index (χ0) is 15.7. The van der Waals surface area contributed by atoms with E-state index in [1.54, 1.807) is 6.92 Å². The Hall–Kier alpha value is -2.20. The summed E-state index contributed by atoms with van der Waals surface area (Å²) >= 11 is 1.33. The number of rotatable bonds is 4. The number of thioether (sulfide) groups is 1. The van der Waals surface area contributed by atoms with Gasteiger partial charge in [-0.2, -0.15) is 0 Å². The van der Waals surface area contributed by atoms with Crippen molar-refractivity contribution in [1.82, 2.24) is 4.98 Å². The third kappa shape index (κ3) is 2.62. The minimum atomic E-state index is -1.03. The molecule has 1 atom stereocenters. The summed E-state index contributed by atoms with van der Waals surface area (Å²) in [7, 11) is 0. The fourth-order valence-corrected chi connectivity index (χ4v) is 3.61. The number of carboxylic acids is 1. The minimum Gasteiger partial charge on any atom is -0.480 e. The molecule has 1 heterocycles. The maximum atomic E-state index is 11.9. The second-order valence-corrected chi connectivity index (χ2v) is 6.99. The fourth-order valence-electron chi connectivity index (χ4n) is 2.48. The molecule has 2 aromatic carbocycles. The van der Waals surface area contributed by atoms with Crippen LogP contribution >= 0.6 is 11.8 Å². The van der Waals surface area contributed by atoms with Gasteiger partial charge < -0.3 is 10.1 Å². The van der Waals surface area contributed by atoms with Gasteiger partial charge in [-0.15, -0.1) is 0 Å². The molecule has 0 aliphatic rings. The summed E-state index contributed by atoms with van der Waals surface area (Å²) in [6.45, 7) is 3.79. The molecule has 0 aliphatic carbocycles. The first kappa shape index (κ1) is 14.7. The van der Waals surface area contributed by atoms with Crippen molar-refractivity contribution >= 4 is 28.6 Å². The van der Waals surface area contributed by atoms with Crippen molar-refractivity contribution in [3.63, 3.8) is 0 Å². The van der Waals surface area contributed by atoms with Gasteiger partial charge in [0, 0.05) is 10.9 Å². The van der Waals surface area contributed by atoms with Crippen LogP contribution in [0.3, 0.4) is 0 Å². The lowest BCUT2D eigenvalue weighted by molar-refractivity contribution is -0.139. The normalized spacial score (nSPS) is 13.9. The Bertz CT molecular complexity index is 825. The molecular weight excluding hydrogens is 294 g/mol. The van der Waals surface area contributed by atoms with Crippen LogP contribution in [-0.2, 0) is 9.54 Å². The predicted octanol–water partition coefficient (Wildman–Crippen LogP) is 4.57. The molecule has 22 heavy (non-hydrogen) atoms. The average Bonchev–Trinajstić information content (AvgIpc) is 2.89. The van der Waals surface area contributed by atoms with Crippen molar-refractivity contribution in [1.29, 1.82) is 0 Å². The Labute approximate surface area is 133 Å². The summed E-state index contributed by atoms with van der Waals surface area (Å²) in [5, 5.41) is 11.7. The molecule has 1 unspecified atom stereocenters. The largest absolute Gasteiger partial charge is 0.480 e. The van der Waals surface area contributed by atoms with E-state index in [1.165, 1.54) is 17.3 Å². The van der Waals surface area contributed by atoms with E-state index in [4.69, 9.17) is 0 Å². The molecule has 0 bridgehead atoms. The number of aromatic nitrogens is 1. The predicted molar refractivity (Wildman–Crippen MR) is 90.3 cm³/mol. The van der Waals surface area contributed by atoms with Crippen molar-refractivity contribution in [2.24, 2.45) is 0 Å². The summed E-state index contributed by atoms with van der Waals surface area (Å²) in [6.07, 6.45) is 0. The molecule has 112 valence electrons. The Morgan fingerprint density at radius 2 is 1.86 bits per heavy atom. The van der Waals surface area contributed by atoms with E-state index in [9.17, 15) is 9.90 Å². The highest BCUT2D eigenvalue weighted by atomic mass is 32.2. The molecule has 4 heteroatoms. The lowest BCUT2D eigenvalue weighted by atomic mass is 10.0. The third-order valence-corrected chi connectivity index (χ3v) is 5.06. The van der Waals surface area contributed by atoms with Gasteiger partial charge in [0.1, 0.15) is 4.75 Å². The number of carboxylic acid groups (broad SMARTS) is 1. The van der Waals surface area contributed by atoms with Crippen LogP contribution in [0, 0.1) is 6.92 Å². The molecule has 0 spiro atoms. The van der Waals surface area contributed by atoms with E-state index < -0.39 is 10.7 Å². The molecule has 3 rings (SSSR count). The van der Waals surface area contributed by atoms with Crippen LogP contribution in [0.2, 0.25) is 0 Å². The number of aliphatic carboxylic acids is 1. The van der Waals surface area contributed by atoms with Crippen molar-refractivity contribution in [2.75, 3.05) is 0 Å². The highest BCUT2D eigenvalue weighted by molar-refractivity contribution is 8.00. The van der Waals surface area contributed by atoms with Gasteiger partial charge in [-0.3, -0.25) is 4.79 Å². The van der Waals surface area contributed by atoms with Gasteiger partial charge >= 0.3 is 5.97 Å². The van der Waals surface area contributed by atoms with Crippen LogP contribution in [0.1, 0.15) is 18.1 Å². The molecule has 0 saturated heterocycles. The number of hydrogen-bond donors (Lipinski definition) is 2. The summed E-state index contributed by atoms with van der Waals surface area (Å²) < 4.78 is -1.03. The van der Waals surface area contributed by atoms with E-state index in [1.807, 2.05) is 55.5 Å². The molecule has 0 saturated carbocycles. The number of benzene rings is 2. The lowest BCUT2D eigenvalue weighted by Gasteiger charge is -2.24. The molecule has 0 amide bonds. The number of H-pyrrole nitrogens is 1. The van der Waals surface area contributed by atoms with Gasteiger partial charge in [-0.05, 0) is 37.6 Å². The molecule has 2 N–H and O–H groups in total. The topological polar surface area (TPSA) is 53.1 Å². The zero-order valence-corrected chi connectivity index (χ0v) is 13.3. The summed E-state index contributed by atoms with van der Waals surface area (Å²) in [5.74, 6) is -0.849. The van der Waals surface area contributed by atoms with Crippen LogP contribution in [0.25, 0.3) is 10.9 Å². The van der Waals surface area contributed by atoms with E-state index >= 15 is 0 Å². The minimum absolute atomic E-state index is 0.780. The zero-order valence-electron chi connectivity index (χ0n) is 12.5. The second-order valence-electron chi connectivity index (χ2n) is 5.53. The quantitative estimate of drug-likeness (QED) is 0.694. The second kappa shape index (κ2) is 5.54. The maximum Gasteiger partial charge on any atom is 0.324 e. The molecule has 3 nitrogen and oxygen atoms in total. The Balaban J connectivity index is 2.01. The number of nitrogens with one attached hydrogen (secondary N) is 1. The molecule has 0 aliphatic heterocycles. The van der Waals surface area contributed by atoms with Crippen LogP contribution in [0.5, 0.6) is 0 Å².